The smallest absolute Gasteiger partial charge is 0.140 e. The fourth-order valence-electron chi connectivity index (χ4n) is 2.07. The van der Waals surface area contributed by atoms with Gasteiger partial charge in [-0.05, 0) is 25.0 Å². The molecule has 0 saturated carbocycles. The molecule has 0 aliphatic heterocycles. The summed E-state index contributed by atoms with van der Waals surface area (Å²) in [4.78, 5) is 0. The summed E-state index contributed by atoms with van der Waals surface area (Å²) in [6.07, 6.45) is 1.12. The fourth-order valence-corrected chi connectivity index (χ4v) is 2.07. The van der Waals surface area contributed by atoms with Crippen molar-refractivity contribution in [1.82, 2.24) is 9.78 Å². The summed E-state index contributed by atoms with van der Waals surface area (Å²) in [5.74, 6) is 0.0567. The maximum absolute atomic E-state index is 13.7. The highest BCUT2D eigenvalue weighted by atomic mass is 19.1. The third kappa shape index (κ3) is 2.50. The number of hydrogen-bond donors (Lipinski definition) is 1. The van der Waals surface area contributed by atoms with E-state index in [9.17, 15) is 9.65 Å². The highest BCUT2D eigenvalue weighted by Gasteiger charge is 2.19. The van der Waals surface area contributed by atoms with Crippen molar-refractivity contribution in [1.29, 1.82) is 5.26 Å². The van der Waals surface area contributed by atoms with Crippen LogP contribution in [0.25, 0.3) is 0 Å². The first kappa shape index (κ1) is 14.1. The molecule has 5 heteroatoms. The molecule has 104 valence electrons. The van der Waals surface area contributed by atoms with Crippen LogP contribution in [0.3, 0.4) is 0 Å². The Morgan fingerprint density at radius 3 is 2.75 bits per heavy atom. The van der Waals surface area contributed by atoms with Gasteiger partial charge >= 0.3 is 0 Å². The fraction of sp³-hybridized carbons (Fsp3) is 0.333. The Hall–Kier alpha value is -2.35. The molecule has 1 heterocycles. The van der Waals surface area contributed by atoms with Crippen molar-refractivity contribution in [2.24, 2.45) is 0 Å². The maximum Gasteiger partial charge on any atom is 0.140 e. The highest BCUT2D eigenvalue weighted by Crippen LogP contribution is 2.24. The number of nitrogen functional groups attached to an aromatic ring is 1. The van der Waals surface area contributed by atoms with Crippen molar-refractivity contribution in [3.8, 4) is 6.07 Å². The van der Waals surface area contributed by atoms with E-state index in [2.05, 4.69) is 11.2 Å². The Kier molecular flexibility index (Phi) is 4.04. The van der Waals surface area contributed by atoms with Gasteiger partial charge in [0.1, 0.15) is 23.3 Å². The molecule has 0 fully saturated rings. The van der Waals surface area contributed by atoms with Gasteiger partial charge in [-0.25, -0.2) is 9.07 Å². The van der Waals surface area contributed by atoms with Crippen LogP contribution < -0.4 is 5.73 Å². The summed E-state index contributed by atoms with van der Waals surface area (Å²) in [6.45, 7) is 4.01. The second-order valence-electron chi connectivity index (χ2n) is 4.79. The van der Waals surface area contributed by atoms with Crippen LogP contribution >= 0.6 is 0 Å². The van der Waals surface area contributed by atoms with Crippen LogP contribution in [0.5, 0.6) is 0 Å². The van der Waals surface area contributed by atoms with E-state index in [1.165, 1.54) is 6.07 Å². The van der Waals surface area contributed by atoms with Crippen molar-refractivity contribution in [3.05, 3.63) is 46.9 Å². The monoisotopic (exact) mass is 272 g/mol. The van der Waals surface area contributed by atoms with E-state index in [0.29, 0.717) is 22.6 Å². The number of anilines is 1. The standard InChI is InChI=1S/C15H17FN4/c1-3-10(2)20-15(18)12(9-17)14(19-20)8-11-6-4-5-7-13(11)16/h4-7,10H,3,8,18H2,1-2H3. The first-order valence-corrected chi connectivity index (χ1v) is 6.58. The van der Waals surface area contributed by atoms with Gasteiger partial charge in [0.2, 0.25) is 0 Å². The highest BCUT2D eigenvalue weighted by molar-refractivity contribution is 5.53. The topological polar surface area (TPSA) is 67.6 Å². The second-order valence-corrected chi connectivity index (χ2v) is 4.79. The molecule has 1 aromatic heterocycles. The van der Waals surface area contributed by atoms with Crippen molar-refractivity contribution in [3.63, 3.8) is 0 Å². The average molecular weight is 272 g/mol. The summed E-state index contributed by atoms with van der Waals surface area (Å²) >= 11 is 0. The van der Waals surface area contributed by atoms with Crippen LogP contribution in [0.1, 0.15) is 43.1 Å². The number of nitrogens with two attached hydrogens (primary N) is 1. The van der Waals surface area contributed by atoms with Gasteiger partial charge in [0, 0.05) is 6.42 Å². The molecule has 0 aliphatic carbocycles. The van der Waals surface area contributed by atoms with E-state index >= 15 is 0 Å². The molecule has 2 rings (SSSR count). The SMILES string of the molecule is CCC(C)n1nc(Cc2ccccc2F)c(C#N)c1N. The van der Waals surface area contributed by atoms with Crippen LogP contribution in [0, 0.1) is 17.1 Å². The molecule has 0 radical (unpaired) electrons. The Morgan fingerprint density at radius 2 is 2.15 bits per heavy atom. The number of nitrogens with zero attached hydrogens (tertiary/aromatic N) is 3. The van der Waals surface area contributed by atoms with Crippen LogP contribution in [-0.4, -0.2) is 9.78 Å². The zero-order valence-electron chi connectivity index (χ0n) is 11.6. The molecule has 0 saturated heterocycles. The summed E-state index contributed by atoms with van der Waals surface area (Å²) in [7, 11) is 0. The van der Waals surface area contributed by atoms with E-state index in [1.807, 2.05) is 13.8 Å². The van der Waals surface area contributed by atoms with Gasteiger partial charge in [-0.2, -0.15) is 10.4 Å². The predicted octanol–water partition coefficient (Wildman–Crippen LogP) is 3.04. The maximum atomic E-state index is 13.7. The summed E-state index contributed by atoms with van der Waals surface area (Å²) < 4.78 is 15.3. The van der Waals surface area contributed by atoms with Gasteiger partial charge in [0.05, 0.1) is 11.7 Å². The van der Waals surface area contributed by atoms with Crippen molar-refractivity contribution in [2.45, 2.75) is 32.7 Å². The molecular formula is C15H17FN4. The normalized spacial score (nSPS) is 12.1. The number of benzene rings is 1. The minimum atomic E-state index is -0.298. The summed E-state index contributed by atoms with van der Waals surface area (Å²) in [5, 5.41) is 13.6. The number of hydrogen-bond acceptors (Lipinski definition) is 3. The van der Waals surface area contributed by atoms with Gasteiger partial charge < -0.3 is 5.73 Å². The van der Waals surface area contributed by atoms with E-state index in [4.69, 9.17) is 5.73 Å². The lowest BCUT2D eigenvalue weighted by atomic mass is 10.1. The van der Waals surface area contributed by atoms with Gasteiger partial charge in [-0.15, -0.1) is 0 Å². The second kappa shape index (κ2) is 5.74. The molecule has 0 bridgehead atoms. The molecule has 1 unspecified atom stereocenters. The summed E-state index contributed by atoms with van der Waals surface area (Å²) in [5.41, 5.74) is 7.34. The van der Waals surface area contributed by atoms with Gasteiger partial charge in [-0.3, -0.25) is 0 Å². The molecule has 0 aliphatic rings. The van der Waals surface area contributed by atoms with E-state index in [1.54, 1.807) is 22.9 Å². The van der Waals surface area contributed by atoms with Gasteiger partial charge in [0.15, 0.2) is 0 Å². The minimum absolute atomic E-state index is 0.108. The van der Waals surface area contributed by atoms with Crippen molar-refractivity contribution >= 4 is 5.82 Å². The molecular weight excluding hydrogens is 255 g/mol. The van der Waals surface area contributed by atoms with Crippen LogP contribution in [0.2, 0.25) is 0 Å². The molecule has 2 N–H and O–H groups in total. The van der Waals surface area contributed by atoms with Gasteiger partial charge in [-0.1, -0.05) is 25.1 Å². The zero-order chi connectivity index (χ0) is 14.7. The lowest BCUT2D eigenvalue weighted by molar-refractivity contribution is 0.481. The number of aromatic nitrogens is 2. The molecule has 2 aromatic rings. The first-order chi connectivity index (χ1) is 9.58. The van der Waals surface area contributed by atoms with Crippen molar-refractivity contribution in [2.75, 3.05) is 5.73 Å². The molecule has 4 nitrogen and oxygen atoms in total. The Labute approximate surface area is 117 Å². The lowest BCUT2D eigenvalue weighted by Crippen LogP contribution is -2.09. The quantitative estimate of drug-likeness (QED) is 0.930. The zero-order valence-corrected chi connectivity index (χ0v) is 11.6. The van der Waals surface area contributed by atoms with Crippen LogP contribution in [0.15, 0.2) is 24.3 Å². The number of rotatable bonds is 4. The molecule has 0 spiro atoms. The number of halogens is 1. The number of nitriles is 1. The minimum Gasteiger partial charge on any atom is -0.383 e. The molecule has 1 atom stereocenters. The third-order valence-corrected chi connectivity index (χ3v) is 3.46. The third-order valence-electron chi connectivity index (χ3n) is 3.46. The Bertz CT molecular complexity index is 654. The predicted molar refractivity (Wildman–Crippen MR) is 75.6 cm³/mol. The summed E-state index contributed by atoms with van der Waals surface area (Å²) in [6, 6.07) is 8.67. The average Bonchev–Trinajstić information content (AvgIpc) is 2.76. The van der Waals surface area contributed by atoms with E-state index in [-0.39, 0.29) is 18.3 Å². The molecule has 1 aromatic carbocycles. The Balaban J connectivity index is 2.43. The van der Waals surface area contributed by atoms with Gasteiger partial charge in [0.25, 0.3) is 0 Å². The van der Waals surface area contributed by atoms with Crippen LogP contribution in [0.4, 0.5) is 10.2 Å². The molecule has 20 heavy (non-hydrogen) atoms. The molecule has 0 amide bonds. The van der Waals surface area contributed by atoms with E-state index in [0.717, 1.165) is 6.42 Å². The first-order valence-electron chi connectivity index (χ1n) is 6.58. The van der Waals surface area contributed by atoms with Crippen LogP contribution in [-0.2, 0) is 6.42 Å². The van der Waals surface area contributed by atoms with E-state index < -0.39 is 0 Å². The largest absolute Gasteiger partial charge is 0.383 e. The van der Waals surface area contributed by atoms with Crippen molar-refractivity contribution < 1.29 is 4.39 Å². The lowest BCUT2D eigenvalue weighted by Gasteiger charge is -2.10. The Morgan fingerprint density at radius 1 is 1.45 bits per heavy atom.